The number of pyridine rings is 2. The summed E-state index contributed by atoms with van der Waals surface area (Å²) < 4.78 is 22.5. The highest BCUT2D eigenvalue weighted by molar-refractivity contribution is 6.00. The summed E-state index contributed by atoms with van der Waals surface area (Å²) in [4.78, 5) is 24.1. The molecule has 3 atom stereocenters. The number of carbonyl (C=O) groups excluding carboxylic acids is 1. The lowest BCUT2D eigenvalue weighted by Gasteiger charge is -2.26. The predicted molar refractivity (Wildman–Crippen MR) is 148 cm³/mol. The van der Waals surface area contributed by atoms with E-state index in [1.54, 1.807) is 24.5 Å². The van der Waals surface area contributed by atoms with Gasteiger partial charge in [0.2, 0.25) is 5.91 Å². The minimum atomic E-state index is -0.502. The van der Waals surface area contributed by atoms with Crippen LogP contribution in [0, 0.1) is 24.6 Å². The molecule has 3 unspecified atom stereocenters. The van der Waals surface area contributed by atoms with Crippen LogP contribution in [0.1, 0.15) is 24.0 Å². The lowest BCUT2D eigenvalue weighted by Crippen LogP contribution is -2.38. The van der Waals surface area contributed by atoms with Crippen molar-refractivity contribution in [3.63, 3.8) is 0 Å². The van der Waals surface area contributed by atoms with E-state index in [1.165, 1.54) is 6.20 Å². The largest absolute Gasteiger partial charge is 0.396 e. The number of rotatable bonds is 7. The number of carbonyl (C=O) groups is 1. The molecule has 10 heteroatoms. The van der Waals surface area contributed by atoms with Gasteiger partial charge in [-0.1, -0.05) is 6.92 Å². The molecule has 1 aliphatic carbocycles. The van der Waals surface area contributed by atoms with Crippen LogP contribution in [-0.2, 0) is 16.1 Å². The van der Waals surface area contributed by atoms with Gasteiger partial charge in [-0.05, 0) is 47.6 Å². The third-order valence-electron chi connectivity index (χ3n) is 8.05. The average molecular weight is 530 g/mol. The zero-order chi connectivity index (χ0) is 27.1. The standard InChI is InChI=1S/C29H32FN7O2/c1-17-3-4-32-14-22(17)21-11-19-12-24(33-15-23(19)28(31)27(21)30)35-29(38)26-18(2)25(26)20-13-34-37(16-20)6-5-36-7-9-39-10-8-36/h3-4,11-16,18,25-26H,5-10,31H2,1-2H3,(H,33,35,38). The molecule has 9 nitrogen and oxygen atoms in total. The molecule has 3 N–H and O–H groups in total. The summed E-state index contributed by atoms with van der Waals surface area (Å²) in [7, 11) is 0. The molecule has 1 aromatic carbocycles. The lowest BCUT2D eigenvalue weighted by atomic mass is 9.98. The predicted octanol–water partition coefficient (Wildman–Crippen LogP) is 3.84. The van der Waals surface area contributed by atoms with Gasteiger partial charge in [-0.3, -0.25) is 19.4 Å². The minimum Gasteiger partial charge on any atom is -0.396 e. The van der Waals surface area contributed by atoms with E-state index in [4.69, 9.17) is 10.5 Å². The van der Waals surface area contributed by atoms with Crippen molar-refractivity contribution in [2.24, 2.45) is 11.8 Å². The average Bonchev–Trinajstić information content (AvgIpc) is 3.39. The maximum atomic E-state index is 15.1. The van der Waals surface area contributed by atoms with Gasteiger partial charge in [0.1, 0.15) is 5.82 Å². The lowest BCUT2D eigenvalue weighted by molar-refractivity contribution is -0.117. The molecule has 1 amide bonds. The van der Waals surface area contributed by atoms with E-state index in [0.29, 0.717) is 27.7 Å². The Morgan fingerprint density at radius 1 is 1.18 bits per heavy atom. The number of hydrogen-bond donors (Lipinski definition) is 2. The topological polar surface area (TPSA) is 111 Å². The Hall–Kier alpha value is -3.89. The monoisotopic (exact) mass is 529 g/mol. The SMILES string of the molecule is Cc1ccncc1-c1cc2cc(NC(=O)C3C(C)C3c3cnn(CCN4CCOCC4)c3)ncc2c(N)c1F. The van der Waals surface area contributed by atoms with Crippen LogP contribution in [0.5, 0.6) is 0 Å². The number of nitrogens with zero attached hydrogens (tertiary/aromatic N) is 5. The molecular formula is C29H32FN7O2. The molecule has 39 heavy (non-hydrogen) atoms. The van der Waals surface area contributed by atoms with Crippen LogP contribution in [0.15, 0.2) is 49.2 Å². The molecule has 1 saturated carbocycles. The molecule has 202 valence electrons. The number of morpholine rings is 1. The van der Waals surface area contributed by atoms with E-state index in [9.17, 15) is 4.79 Å². The summed E-state index contributed by atoms with van der Waals surface area (Å²) in [6.45, 7) is 9.18. The van der Waals surface area contributed by atoms with Crippen LogP contribution in [0.3, 0.4) is 0 Å². The molecule has 0 spiro atoms. The van der Waals surface area contributed by atoms with Crippen LogP contribution in [-0.4, -0.2) is 63.4 Å². The molecule has 1 aliphatic heterocycles. The highest BCUT2D eigenvalue weighted by atomic mass is 19.1. The van der Waals surface area contributed by atoms with Crippen LogP contribution < -0.4 is 11.1 Å². The van der Waals surface area contributed by atoms with Gasteiger partial charge in [0, 0.05) is 72.8 Å². The molecule has 1 saturated heterocycles. The summed E-state index contributed by atoms with van der Waals surface area (Å²) in [6, 6.07) is 5.30. The summed E-state index contributed by atoms with van der Waals surface area (Å²) in [5, 5.41) is 8.69. The molecule has 0 radical (unpaired) electrons. The molecule has 4 aromatic rings. The van der Waals surface area contributed by atoms with E-state index in [1.807, 2.05) is 23.9 Å². The van der Waals surface area contributed by atoms with Gasteiger partial charge in [-0.25, -0.2) is 9.37 Å². The van der Waals surface area contributed by atoms with E-state index in [2.05, 4.69) is 38.4 Å². The summed E-state index contributed by atoms with van der Waals surface area (Å²) >= 11 is 0. The number of aryl methyl sites for hydroxylation is 1. The summed E-state index contributed by atoms with van der Waals surface area (Å²) in [5.74, 6) is -0.0198. The van der Waals surface area contributed by atoms with E-state index < -0.39 is 5.82 Å². The Labute approximate surface area is 226 Å². The number of nitrogens with one attached hydrogen (secondary N) is 1. The quantitative estimate of drug-likeness (QED) is 0.350. The van der Waals surface area contributed by atoms with Crippen molar-refractivity contribution in [2.45, 2.75) is 26.3 Å². The number of aromatic nitrogens is 4. The highest BCUT2D eigenvalue weighted by Gasteiger charge is 2.53. The van der Waals surface area contributed by atoms with Gasteiger partial charge in [0.05, 0.1) is 31.6 Å². The number of ether oxygens (including phenoxy) is 1. The van der Waals surface area contributed by atoms with Crippen LogP contribution in [0.4, 0.5) is 15.9 Å². The second-order valence-corrected chi connectivity index (χ2v) is 10.5. The Balaban J connectivity index is 1.16. The molecule has 4 heterocycles. The number of nitrogen functional groups attached to an aromatic ring is 1. The number of fused-ring (bicyclic) bond motifs is 1. The maximum Gasteiger partial charge on any atom is 0.229 e. The minimum absolute atomic E-state index is 0.0256. The normalized spacial score (nSPS) is 21.3. The molecule has 6 rings (SSSR count). The Kier molecular flexibility index (Phi) is 6.74. The van der Waals surface area contributed by atoms with Gasteiger partial charge in [0.25, 0.3) is 0 Å². The van der Waals surface area contributed by atoms with Crippen molar-refractivity contribution in [2.75, 3.05) is 43.9 Å². The molecule has 2 fully saturated rings. The first-order chi connectivity index (χ1) is 18.9. The van der Waals surface area contributed by atoms with Gasteiger partial charge in [-0.15, -0.1) is 0 Å². The number of amides is 1. The van der Waals surface area contributed by atoms with Crippen molar-refractivity contribution in [3.8, 4) is 11.1 Å². The third-order valence-corrected chi connectivity index (χ3v) is 8.05. The Morgan fingerprint density at radius 2 is 2.00 bits per heavy atom. The fourth-order valence-electron chi connectivity index (χ4n) is 5.64. The number of anilines is 2. The fourth-order valence-corrected chi connectivity index (χ4v) is 5.64. The van der Waals surface area contributed by atoms with Crippen molar-refractivity contribution in [1.82, 2.24) is 24.6 Å². The highest BCUT2D eigenvalue weighted by Crippen LogP contribution is 2.54. The molecule has 3 aromatic heterocycles. The van der Waals surface area contributed by atoms with E-state index in [0.717, 1.165) is 50.5 Å². The van der Waals surface area contributed by atoms with Gasteiger partial charge >= 0.3 is 0 Å². The number of hydrogen-bond acceptors (Lipinski definition) is 7. The maximum absolute atomic E-state index is 15.1. The van der Waals surface area contributed by atoms with Crippen molar-refractivity contribution >= 4 is 28.2 Å². The molecular weight excluding hydrogens is 497 g/mol. The first-order valence-electron chi connectivity index (χ1n) is 13.3. The van der Waals surface area contributed by atoms with Crippen molar-refractivity contribution in [3.05, 3.63) is 66.1 Å². The van der Waals surface area contributed by atoms with E-state index in [-0.39, 0.29) is 29.3 Å². The zero-order valence-electron chi connectivity index (χ0n) is 22.1. The second kappa shape index (κ2) is 10.3. The van der Waals surface area contributed by atoms with Crippen LogP contribution in [0.2, 0.25) is 0 Å². The molecule has 2 aliphatic rings. The van der Waals surface area contributed by atoms with Crippen molar-refractivity contribution in [1.29, 1.82) is 0 Å². The smallest absolute Gasteiger partial charge is 0.229 e. The van der Waals surface area contributed by atoms with Gasteiger partial charge < -0.3 is 15.8 Å². The zero-order valence-corrected chi connectivity index (χ0v) is 22.1. The first-order valence-corrected chi connectivity index (χ1v) is 13.3. The van der Waals surface area contributed by atoms with Crippen LogP contribution in [0.25, 0.3) is 21.9 Å². The van der Waals surface area contributed by atoms with Gasteiger partial charge in [0.15, 0.2) is 5.82 Å². The number of nitrogens with two attached hydrogens (primary N) is 1. The third kappa shape index (κ3) is 4.97. The first kappa shape index (κ1) is 25.4. The second-order valence-electron chi connectivity index (χ2n) is 10.5. The molecule has 0 bridgehead atoms. The summed E-state index contributed by atoms with van der Waals surface area (Å²) in [6.07, 6.45) is 8.74. The Bertz CT molecular complexity index is 1530. The Morgan fingerprint density at radius 3 is 2.79 bits per heavy atom. The van der Waals surface area contributed by atoms with Crippen molar-refractivity contribution < 1.29 is 13.9 Å². The van der Waals surface area contributed by atoms with Gasteiger partial charge in [-0.2, -0.15) is 5.10 Å². The number of halogens is 1. The summed E-state index contributed by atoms with van der Waals surface area (Å²) in [5.41, 5.74) is 9.18. The van der Waals surface area contributed by atoms with Crippen LogP contribution >= 0.6 is 0 Å². The van der Waals surface area contributed by atoms with E-state index >= 15 is 4.39 Å². The fraction of sp³-hybridized carbons (Fsp3) is 0.379. The number of benzene rings is 1.